The van der Waals surface area contributed by atoms with Crippen LogP contribution >= 0.6 is 11.6 Å². The molecule has 1 unspecified atom stereocenters. The lowest BCUT2D eigenvalue weighted by atomic mass is 9.99. The summed E-state index contributed by atoms with van der Waals surface area (Å²) in [6, 6.07) is 7.95. The summed E-state index contributed by atoms with van der Waals surface area (Å²) in [4.78, 5) is 13.7. The molecule has 0 spiro atoms. The molecule has 1 amide bonds. The number of fused-ring (bicyclic) bond motifs is 1. The fraction of sp³-hybridized carbons (Fsp3) is 0.267. The zero-order chi connectivity index (χ0) is 13.2. The van der Waals surface area contributed by atoms with E-state index >= 15 is 0 Å². The first-order chi connectivity index (χ1) is 9.31. The highest BCUT2D eigenvalue weighted by molar-refractivity contribution is 6.27. The van der Waals surface area contributed by atoms with Crippen molar-refractivity contribution in [1.82, 2.24) is 4.90 Å². The standard InChI is InChI=1S/C15H14ClNO2/c16-10-14(18)17-8-2-1-5-13(17)12-7-6-11-4-3-9-19-15(11)12/h1-4,6-7,9,13H,5,8,10H2. The predicted octanol–water partition coefficient (Wildman–Crippen LogP) is 3.45. The highest BCUT2D eigenvalue weighted by atomic mass is 35.5. The lowest BCUT2D eigenvalue weighted by molar-refractivity contribution is -0.130. The van der Waals surface area contributed by atoms with Crippen molar-refractivity contribution in [3.63, 3.8) is 0 Å². The molecule has 3 rings (SSSR count). The third-order valence-corrected chi connectivity index (χ3v) is 3.73. The van der Waals surface area contributed by atoms with Crippen LogP contribution < -0.4 is 0 Å². The van der Waals surface area contributed by atoms with E-state index in [1.165, 1.54) is 0 Å². The van der Waals surface area contributed by atoms with Crippen molar-refractivity contribution in [1.29, 1.82) is 0 Å². The maximum absolute atomic E-state index is 11.9. The van der Waals surface area contributed by atoms with E-state index in [1.807, 2.05) is 35.2 Å². The first-order valence-electron chi connectivity index (χ1n) is 6.28. The van der Waals surface area contributed by atoms with Crippen LogP contribution in [-0.4, -0.2) is 23.2 Å². The summed E-state index contributed by atoms with van der Waals surface area (Å²) in [7, 11) is 0. The Balaban J connectivity index is 2.00. The lowest BCUT2D eigenvalue weighted by Crippen LogP contribution is -2.37. The van der Waals surface area contributed by atoms with Gasteiger partial charge in [-0.2, -0.15) is 0 Å². The summed E-state index contributed by atoms with van der Waals surface area (Å²) in [5.41, 5.74) is 2.11. The maximum Gasteiger partial charge on any atom is 0.238 e. The van der Waals surface area contributed by atoms with Gasteiger partial charge in [-0.25, -0.2) is 0 Å². The average molecular weight is 276 g/mol. The molecule has 4 heteroatoms. The van der Waals surface area contributed by atoms with E-state index in [2.05, 4.69) is 6.08 Å². The normalized spacial score (nSPS) is 19.0. The van der Waals surface area contributed by atoms with E-state index in [9.17, 15) is 4.79 Å². The molecule has 3 aliphatic rings. The molecule has 2 heterocycles. The zero-order valence-corrected chi connectivity index (χ0v) is 11.1. The second kappa shape index (κ2) is 5.10. The van der Waals surface area contributed by atoms with Crippen LogP contribution in [0.1, 0.15) is 18.0 Å². The fourth-order valence-corrected chi connectivity index (χ4v) is 2.75. The lowest BCUT2D eigenvalue weighted by Gasteiger charge is -2.32. The molecule has 0 saturated carbocycles. The maximum atomic E-state index is 11.9. The first-order valence-corrected chi connectivity index (χ1v) is 6.81. The van der Waals surface area contributed by atoms with Crippen molar-refractivity contribution in [2.75, 3.05) is 12.4 Å². The molecule has 19 heavy (non-hydrogen) atoms. The summed E-state index contributed by atoms with van der Waals surface area (Å²) < 4.78 is 5.60. The van der Waals surface area contributed by atoms with Crippen LogP contribution in [0.4, 0.5) is 0 Å². The van der Waals surface area contributed by atoms with Crippen LogP contribution in [0.5, 0.6) is 0 Å². The van der Waals surface area contributed by atoms with Gasteiger partial charge in [-0.05, 0) is 18.6 Å². The number of carbonyl (C=O) groups excluding carboxylic acids is 1. The van der Waals surface area contributed by atoms with Crippen LogP contribution in [0.2, 0.25) is 0 Å². The highest BCUT2D eigenvalue weighted by Crippen LogP contribution is 2.37. The summed E-state index contributed by atoms with van der Waals surface area (Å²) >= 11 is 5.69. The second-order valence-electron chi connectivity index (χ2n) is 4.59. The minimum Gasteiger partial charge on any atom is -0.464 e. The van der Waals surface area contributed by atoms with E-state index in [-0.39, 0.29) is 17.8 Å². The molecule has 0 aromatic rings. The first kappa shape index (κ1) is 12.3. The largest absolute Gasteiger partial charge is 0.464 e. The molecule has 2 aliphatic heterocycles. The Hall–Kier alpha value is -1.74. The minimum atomic E-state index is -0.0405. The van der Waals surface area contributed by atoms with Crippen molar-refractivity contribution in [2.24, 2.45) is 0 Å². The highest BCUT2D eigenvalue weighted by Gasteiger charge is 2.29. The molecule has 0 aromatic heterocycles. The molecule has 3 nitrogen and oxygen atoms in total. The fourth-order valence-electron chi connectivity index (χ4n) is 2.59. The summed E-state index contributed by atoms with van der Waals surface area (Å²) in [5.74, 6) is 0.830. The van der Waals surface area contributed by atoms with E-state index in [1.54, 1.807) is 6.26 Å². The Kier molecular flexibility index (Phi) is 3.30. The molecule has 0 aromatic carbocycles. The Morgan fingerprint density at radius 3 is 3.11 bits per heavy atom. The molecule has 0 fully saturated rings. The topological polar surface area (TPSA) is 33.5 Å². The molecule has 1 atom stereocenters. The van der Waals surface area contributed by atoms with Crippen molar-refractivity contribution in [2.45, 2.75) is 12.5 Å². The molecule has 0 bridgehead atoms. The average Bonchev–Trinajstić information content (AvgIpc) is 2.90. The molecule has 98 valence electrons. The molecule has 0 N–H and O–H groups in total. The number of carbonyl (C=O) groups is 1. The molecular formula is C15H14ClNO2. The van der Waals surface area contributed by atoms with E-state index in [4.69, 9.17) is 16.0 Å². The number of rotatable bonds is 2. The molecule has 0 saturated heterocycles. The third kappa shape index (κ3) is 2.15. The molecular weight excluding hydrogens is 262 g/mol. The summed E-state index contributed by atoms with van der Waals surface area (Å²) in [5, 5.41) is 0. The van der Waals surface area contributed by atoms with Gasteiger partial charge in [0.2, 0.25) is 5.91 Å². The number of hydrogen-bond acceptors (Lipinski definition) is 2. The smallest absolute Gasteiger partial charge is 0.238 e. The SMILES string of the molecule is O=C(CCl)N1CC=CCC1c1ccc2cccoc1-2. The summed E-state index contributed by atoms with van der Waals surface area (Å²) in [6.45, 7) is 0.607. The number of nitrogens with zero attached hydrogens (tertiary/aromatic N) is 1. The van der Waals surface area contributed by atoms with Crippen molar-refractivity contribution < 1.29 is 9.21 Å². The van der Waals surface area contributed by atoms with Gasteiger partial charge in [0, 0.05) is 17.7 Å². The number of hydrogen-bond donors (Lipinski definition) is 0. The molecule has 0 radical (unpaired) electrons. The monoisotopic (exact) mass is 275 g/mol. The van der Waals surface area contributed by atoms with Gasteiger partial charge in [-0.15, -0.1) is 11.6 Å². The van der Waals surface area contributed by atoms with Crippen molar-refractivity contribution in [3.8, 4) is 11.3 Å². The van der Waals surface area contributed by atoms with Gasteiger partial charge in [0.15, 0.2) is 0 Å². The minimum absolute atomic E-state index is 0.0138. The van der Waals surface area contributed by atoms with Crippen LogP contribution in [-0.2, 0) is 4.79 Å². The van der Waals surface area contributed by atoms with Crippen LogP contribution in [0.15, 0.2) is 47.1 Å². The summed E-state index contributed by atoms with van der Waals surface area (Å²) in [6.07, 6.45) is 6.57. The van der Waals surface area contributed by atoms with Gasteiger partial charge in [-0.3, -0.25) is 4.79 Å². The van der Waals surface area contributed by atoms with Gasteiger partial charge < -0.3 is 9.32 Å². The quantitative estimate of drug-likeness (QED) is 0.621. The predicted molar refractivity (Wildman–Crippen MR) is 74.3 cm³/mol. The van der Waals surface area contributed by atoms with Gasteiger partial charge in [0.25, 0.3) is 0 Å². The van der Waals surface area contributed by atoms with Crippen LogP contribution in [0.25, 0.3) is 11.3 Å². The third-order valence-electron chi connectivity index (χ3n) is 3.51. The Labute approximate surface area is 116 Å². The Morgan fingerprint density at radius 1 is 1.37 bits per heavy atom. The van der Waals surface area contributed by atoms with Crippen LogP contribution in [0, 0.1) is 0 Å². The van der Waals surface area contributed by atoms with Gasteiger partial charge in [0.1, 0.15) is 11.6 Å². The number of halogens is 1. The van der Waals surface area contributed by atoms with Gasteiger partial charge >= 0.3 is 0 Å². The number of amides is 1. The van der Waals surface area contributed by atoms with Gasteiger partial charge in [-0.1, -0.05) is 24.3 Å². The van der Waals surface area contributed by atoms with E-state index in [0.717, 1.165) is 23.3 Å². The Bertz CT molecular complexity index is 590. The van der Waals surface area contributed by atoms with Crippen molar-refractivity contribution >= 4 is 17.5 Å². The van der Waals surface area contributed by atoms with E-state index < -0.39 is 0 Å². The molecule has 1 aliphatic carbocycles. The number of alkyl halides is 1. The van der Waals surface area contributed by atoms with Crippen LogP contribution in [0.3, 0.4) is 0 Å². The van der Waals surface area contributed by atoms with Gasteiger partial charge in [0.05, 0.1) is 12.3 Å². The second-order valence-corrected chi connectivity index (χ2v) is 4.86. The Morgan fingerprint density at radius 2 is 2.26 bits per heavy atom. The zero-order valence-electron chi connectivity index (χ0n) is 10.4. The van der Waals surface area contributed by atoms with E-state index in [0.29, 0.717) is 6.54 Å². The van der Waals surface area contributed by atoms with Crippen molar-refractivity contribution in [3.05, 3.63) is 48.2 Å².